The first-order chi connectivity index (χ1) is 13.2. The Morgan fingerprint density at radius 1 is 1.04 bits per heavy atom. The molecule has 134 valence electrons. The molecule has 0 saturated heterocycles. The molecule has 0 aliphatic carbocycles. The van der Waals surface area contributed by atoms with E-state index in [2.05, 4.69) is 10.3 Å². The third-order valence-corrected chi connectivity index (χ3v) is 4.28. The van der Waals surface area contributed by atoms with Gasteiger partial charge < -0.3 is 14.5 Å². The van der Waals surface area contributed by atoms with Crippen LogP contribution in [0.2, 0.25) is 0 Å². The number of hydrogen-bond acceptors (Lipinski definition) is 4. The predicted octanol–water partition coefficient (Wildman–Crippen LogP) is 4.43. The molecule has 1 N–H and O–H groups in total. The number of rotatable bonds is 5. The number of ether oxygens (including phenoxy) is 1. The van der Waals surface area contributed by atoms with Crippen LogP contribution in [-0.2, 0) is 6.54 Å². The number of benzene rings is 3. The summed E-state index contributed by atoms with van der Waals surface area (Å²) in [5.74, 6) is 1.10. The highest BCUT2D eigenvalue weighted by Gasteiger charge is 2.09. The van der Waals surface area contributed by atoms with Crippen molar-refractivity contribution < 1.29 is 13.9 Å². The molecule has 1 aromatic heterocycles. The van der Waals surface area contributed by atoms with Crippen LogP contribution >= 0.6 is 0 Å². The molecular weight excluding hydrogens is 340 g/mol. The van der Waals surface area contributed by atoms with Crippen molar-refractivity contribution in [1.29, 1.82) is 0 Å². The Morgan fingerprint density at radius 2 is 1.85 bits per heavy atom. The smallest absolute Gasteiger partial charge is 0.251 e. The molecule has 0 unspecified atom stereocenters. The maximum Gasteiger partial charge on any atom is 0.251 e. The van der Waals surface area contributed by atoms with Gasteiger partial charge in [-0.1, -0.05) is 30.3 Å². The van der Waals surface area contributed by atoms with Crippen LogP contribution in [0.15, 0.2) is 77.2 Å². The number of amides is 1. The van der Waals surface area contributed by atoms with E-state index in [1.165, 1.54) is 0 Å². The molecule has 1 amide bonds. The van der Waals surface area contributed by atoms with Crippen molar-refractivity contribution in [2.45, 2.75) is 6.54 Å². The minimum absolute atomic E-state index is 0.142. The van der Waals surface area contributed by atoms with E-state index in [4.69, 9.17) is 9.15 Å². The molecule has 0 bridgehead atoms. The lowest BCUT2D eigenvalue weighted by Crippen LogP contribution is -2.22. The second-order valence-corrected chi connectivity index (χ2v) is 6.10. The van der Waals surface area contributed by atoms with Crippen molar-refractivity contribution in [2.24, 2.45) is 0 Å². The Bertz CT molecular complexity index is 1050. The average molecular weight is 358 g/mol. The van der Waals surface area contributed by atoms with Gasteiger partial charge >= 0.3 is 0 Å². The normalized spacial score (nSPS) is 10.7. The van der Waals surface area contributed by atoms with Gasteiger partial charge in [0, 0.05) is 17.7 Å². The van der Waals surface area contributed by atoms with Crippen molar-refractivity contribution in [2.75, 3.05) is 7.11 Å². The first-order valence-electron chi connectivity index (χ1n) is 8.60. The molecule has 27 heavy (non-hydrogen) atoms. The summed E-state index contributed by atoms with van der Waals surface area (Å²) in [5, 5.41) is 2.91. The van der Waals surface area contributed by atoms with Gasteiger partial charge in [-0.05, 0) is 48.0 Å². The van der Waals surface area contributed by atoms with Crippen molar-refractivity contribution in [1.82, 2.24) is 10.3 Å². The van der Waals surface area contributed by atoms with Crippen LogP contribution in [0.25, 0.3) is 22.6 Å². The van der Waals surface area contributed by atoms with Gasteiger partial charge in [0.15, 0.2) is 5.58 Å². The maximum atomic E-state index is 12.3. The summed E-state index contributed by atoms with van der Waals surface area (Å²) in [6, 6.07) is 22.5. The molecule has 1 heterocycles. The van der Waals surface area contributed by atoms with Gasteiger partial charge in [0.25, 0.3) is 5.91 Å². The number of methoxy groups -OCH3 is 1. The Labute approximate surface area is 156 Å². The number of nitrogens with zero attached hydrogens (tertiary/aromatic N) is 1. The number of hydrogen-bond donors (Lipinski definition) is 1. The van der Waals surface area contributed by atoms with Gasteiger partial charge in [-0.3, -0.25) is 4.79 Å². The van der Waals surface area contributed by atoms with E-state index in [1.54, 1.807) is 25.3 Å². The fourth-order valence-corrected chi connectivity index (χ4v) is 2.81. The van der Waals surface area contributed by atoms with Crippen molar-refractivity contribution in [3.63, 3.8) is 0 Å². The standard InChI is InChI=1S/C22H18N2O3/c1-26-18-6-4-5-17(13-18)21(25)23-14-15-9-11-16(12-10-15)22-24-19-7-2-3-8-20(19)27-22/h2-13H,14H2,1H3,(H,23,25). The fraction of sp³-hybridized carbons (Fsp3) is 0.0909. The number of carbonyl (C=O) groups is 1. The van der Waals surface area contributed by atoms with Crippen molar-refractivity contribution in [3.05, 3.63) is 83.9 Å². The first-order valence-corrected chi connectivity index (χ1v) is 8.60. The molecule has 0 aliphatic heterocycles. The molecule has 3 aromatic carbocycles. The van der Waals surface area contributed by atoms with Gasteiger partial charge in [-0.2, -0.15) is 0 Å². The highest BCUT2D eigenvalue weighted by Crippen LogP contribution is 2.24. The molecule has 5 nitrogen and oxygen atoms in total. The average Bonchev–Trinajstić information content (AvgIpc) is 3.16. The van der Waals surface area contributed by atoms with E-state index in [-0.39, 0.29) is 5.91 Å². The molecule has 0 saturated carbocycles. The molecule has 0 radical (unpaired) electrons. The molecule has 5 heteroatoms. The van der Waals surface area contributed by atoms with Crippen molar-refractivity contribution >= 4 is 17.0 Å². The van der Waals surface area contributed by atoms with Crippen LogP contribution in [0, 0.1) is 0 Å². The minimum atomic E-state index is -0.142. The summed E-state index contributed by atoms with van der Waals surface area (Å²) >= 11 is 0. The molecule has 4 rings (SSSR count). The Balaban J connectivity index is 1.43. The van der Waals surface area contributed by atoms with Gasteiger partial charge in [0.05, 0.1) is 7.11 Å². The summed E-state index contributed by atoms with van der Waals surface area (Å²) in [6.07, 6.45) is 0. The Hall–Kier alpha value is -3.60. The van der Waals surface area contributed by atoms with E-state index in [1.807, 2.05) is 54.6 Å². The predicted molar refractivity (Wildman–Crippen MR) is 104 cm³/mol. The second-order valence-electron chi connectivity index (χ2n) is 6.10. The number of aromatic nitrogens is 1. The molecule has 0 spiro atoms. The zero-order chi connectivity index (χ0) is 18.6. The zero-order valence-electron chi connectivity index (χ0n) is 14.8. The van der Waals surface area contributed by atoms with Crippen LogP contribution in [-0.4, -0.2) is 18.0 Å². The van der Waals surface area contributed by atoms with Gasteiger partial charge in [-0.25, -0.2) is 4.98 Å². The number of fused-ring (bicyclic) bond motifs is 1. The summed E-state index contributed by atoms with van der Waals surface area (Å²) in [5.41, 5.74) is 4.06. The van der Waals surface area contributed by atoms with E-state index >= 15 is 0 Å². The topological polar surface area (TPSA) is 64.4 Å². The summed E-state index contributed by atoms with van der Waals surface area (Å²) in [6.45, 7) is 0.434. The van der Waals surface area contributed by atoms with Crippen LogP contribution in [0.1, 0.15) is 15.9 Å². The highest BCUT2D eigenvalue weighted by molar-refractivity contribution is 5.94. The third kappa shape index (κ3) is 3.67. The van der Waals surface area contributed by atoms with Crippen molar-refractivity contribution in [3.8, 4) is 17.2 Å². The molecular formula is C22H18N2O3. The lowest BCUT2D eigenvalue weighted by Gasteiger charge is -2.07. The zero-order valence-corrected chi connectivity index (χ0v) is 14.8. The minimum Gasteiger partial charge on any atom is -0.497 e. The summed E-state index contributed by atoms with van der Waals surface area (Å²) in [4.78, 5) is 16.8. The van der Waals surface area contributed by atoms with Crippen LogP contribution in [0.3, 0.4) is 0 Å². The number of para-hydroxylation sites is 2. The first kappa shape index (κ1) is 16.8. The third-order valence-electron chi connectivity index (χ3n) is 4.28. The summed E-state index contributed by atoms with van der Waals surface area (Å²) < 4.78 is 10.9. The molecule has 4 aromatic rings. The van der Waals surface area contributed by atoms with Gasteiger partial charge in [-0.15, -0.1) is 0 Å². The Morgan fingerprint density at radius 3 is 2.63 bits per heavy atom. The highest BCUT2D eigenvalue weighted by atomic mass is 16.5. The quantitative estimate of drug-likeness (QED) is 0.573. The van der Waals surface area contributed by atoms with E-state index in [0.717, 1.165) is 22.2 Å². The van der Waals surface area contributed by atoms with Gasteiger partial charge in [0.2, 0.25) is 5.89 Å². The monoisotopic (exact) mass is 358 g/mol. The van der Waals surface area contributed by atoms with E-state index < -0.39 is 0 Å². The lowest BCUT2D eigenvalue weighted by atomic mass is 10.1. The lowest BCUT2D eigenvalue weighted by molar-refractivity contribution is 0.0950. The second kappa shape index (κ2) is 7.33. The van der Waals surface area contributed by atoms with Crippen LogP contribution in [0.5, 0.6) is 5.75 Å². The number of carbonyl (C=O) groups excluding carboxylic acids is 1. The largest absolute Gasteiger partial charge is 0.497 e. The van der Waals surface area contributed by atoms with Crippen LogP contribution < -0.4 is 10.1 Å². The van der Waals surface area contributed by atoms with Crippen LogP contribution in [0.4, 0.5) is 0 Å². The molecule has 0 fully saturated rings. The van der Waals surface area contributed by atoms with Gasteiger partial charge in [0.1, 0.15) is 11.3 Å². The summed E-state index contributed by atoms with van der Waals surface area (Å²) in [7, 11) is 1.58. The number of nitrogens with one attached hydrogen (secondary N) is 1. The Kier molecular flexibility index (Phi) is 4.58. The fourth-order valence-electron chi connectivity index (χ4n) is 2.81. The molecule has 0 aliphatic rings. The number of oxazole rings is 1. The maximum absolute atomic E-state index is 12.3. The van der Waals surface area contributed by atoms with E-state index in [0.29, 0.717) is 23.7 Å². The van der Waals surface area contributed by atoms with E-state index in [9.17, 15) is 4.79 Å². The molecule has 0 atom stereocenters. The SMILES string of the molecule is COc1cccc(C(=O)NCc2ccc(-c3nc4ccccc4o3)cc2)c1.